The number of piperidine rings is 1. The normalized spacial score (nSPS) is 23.5. The van der Waals surface area contributed by atoms with Gasteiger partial charge in [-0.2, -0.15) is 0 Å². The molecule has 1 aliphatic heterocycles. The van der Waals surface area contributed by atoms with Gasteiger partial charge in [-0.1, -0.05) is 30.3 Å². The first-order chi connectivity index (χ1) is 13.1. The summed E-state index contributed by atoms with van der Waals surface area (Å²) < 4.78 is 10.3. The number of rotatable bonds is 6. The Morgan fingerprint density at radius 2 is 1.74 bits per heavy atom. The van der Waals surface area contributed by atoms with Crippen molar-refractivity contribution in [1.82, 2.24) is 4.90 Å². The molecule has 2 aromatic carbocycles. The third-order valence-corrected chi connectivity index (χ3v) is 5.34. The average Bonchev–Trinajstić information content (AvgIpc) is 3.12. The van der Waals surface area contributed by atoms with Crippen LogP contribution < -0.4 is 4.74 Å². The van der Waals surface area contributed by atoms with Gasteiger partial charge >= 0.3 is 6.16 Å². The molecule has 1 saturated heterocycles. The van der Waals surface area contributed by atoms with E-state index in [4.69, 9.17) is 9.47 Å². The molecule has 2 aromatic rings. The van der Waals surface area contributed by atoms with Crippen molar-refractivity contribution < 1.29 is 19.2 Å². The van der Waals surface area contributed by atoms with Gasteiger partial charge in [0.1, 0.15) is 5.75 Å². The molecule has 0 spiro atoms. The third-order valence-electron chi connectivity index (χ3n) is 5.34. The summed E-state index contributed by atoms with van der Waals surface area (Å²) in [4.78, 5) is 24.3. The molecule has 1 unspecified atom stereocenters. The second-order valence-corrected chi connectivity index (χ2v) is 7.09. The summed E-state index contributed by atoms with van der Waals surface area (Å²) in [6.07, 6.45) is -0.769. The van der Waals surface area contributed by atoms with Crippen LogP contribution >= 0.6 is 0 Å². The molecule has 0 radical (unpaired) electrons. The monoisotopic (exact) mass is 368 g/mol. The molecule has 0 N–H and O–H groups in total. The van der Waals surface area contributed by atoms with Crippen molar-refractivity contribution in [2.24, 2.45) is 17.8 Å². The minimum atomic E-state index is -0.769. The largest absolute Gasteiger partial charge is 0.513 e. The average molecular weight is 368 g/mol. The molecule has 0 aromatic heterocycles. The maximum absolute atomic E-state index is 11.8. The summed E-state index contributed by atoms with van der Waals surface area (Å²) in [5, 5.41) is 10.6. The number of benzene rings is 2. The number of fused-ring (bicyclic) bond motifs is 1. The molecular formula is C20H20N2O5. The van der Waals surface area contributed by atoms with E-state index in [-0.39, 0.29) is 11.4 Å². The van der Waals surface area contributed by atoms with Crippen LogP contribution in [-0.2, 0) is 11.3 Å². The van der Waals surface area contributed by atoms with Gasteiger partial charge in [-0.3, -0.25) is 15.0 Å². The highest BCUT2D eigenvalue weighted by Gasteiger charge is 2.55. The minimum absolute atomic E-state index is 0.0541. The first kappa shape index (κ1) is 17.5. The third kappa shape index (κ3) is 4.09. The summed E-state index contributed by atoms with van der Waals surface area (Å²) in [5.74, 6) is 1.80. The summed E-state index contributed by atoms with van der Waals surface area (Å²) in [5.41, 5.74) is 1.26. The lowest BCUT2D eigenvalue weighted by atomic mass is 10.2. The second-order valence-electron chi connectivity index (χ2n) is 7.09. The van der Waals surface area contributed by atoms with Crippen LogP contribution in [0.2, 0.25) is 0 Å². The van der Waals surface area contributed by atoms with E-state index in [1.807, 2.05) is 6.07 Å². The lowest BCUT2D eigenvalue weighted by Crippen LogP contribution is -2.25. The van der Waals surface area contributed by atoms with E-state index in [9.17, 15) is 14.9 Å². The number of nitro groups is 1. The summed E-state index contributed by atoms with van der Waals surface area (Å²) >= 11 is 0. The molecule has 0 amide bonds. The van der Waals surface area contributed by atoms with Gasteiger partial charge in [0, 0.05) is 37.7 Å². The van der Waals surface area contributed by atoms with Crippen LogP contribution in [0.1, 0.15) is 5.56 Å². The lowest BCUT2D eigenvalue weighted by molar-refractivity contribution is -0.384. The molecule has 0 bridgehead atoms. The van der Waals surface area contributed by atoms with Crippen LogP contribution in [0, 0.1) is 27.9 Å². The smallest absolute Gasteiger partial charge is 0.434 e. The predicted molar refractivity (Wildman–Crippen MR) is 97.3 cm³/mol. The van der Waals surface area contributed by atoms with Gasteiger partial charge in [-0.15, -0.1) is 0 Å². The van der Waals surface area contributed by atoms with Gasteiger partial charge in [0.25, 0.3) is 5.69 Å². The molecule has 7 heteroatoms. The fourth-order valence-corrected chi connectivity index (χ4v) is 3.88. The molecule has 1 heterocycles. The fourth-order valence-electron chi connectivity index (χ4n) is 3.88. The van der Waals surface area contributed by atoms with E-state index in [1.54, 1.807) is 0 Å². The highest BCUT2D eigenvalue weighted by molar-refractivity contribution is 5.64. The molecule has 4 rings (SSSR count). The minimum Gasteiger partial charge on any atom is -0.434 e. The molecular weight excluding hydrogens is 348 g/mol. The van der Waals surface area contributed by atoms with Crippen molar-refractivity contribution in [3.05, 3.63) is 70.3 Å². The van der Waals surface area contributed by atoms with Crippen LogP contribution in [0.15, 0.2) is 54.6 Å². The first-order valence-corrected chi connectivity index (χ1v) is 8.95. The number of carbonyl (C=O) groups excluding carboxylic acids is 1. The van der Waals surface area contributed by atoms with Crippen molar-refractivity contribution in [2.75, 3.05) is 19.7 Å². The van der Waals surface area contributed by atoms with Crippen molar-refractivity contribution in [3.8, 4) is 5.75 Å². The molecule has 140 valence electrons. The van der Waals surface area contributed by atoms with Crippen molar-refractivity contribution in [2.45, 2.75) is 6.54 Å². The summed E-state index contributed by atoms with van der Waals surface area (Å²) in [6, 6.07) is 15.7. The second kappa shape index (κ2) is 7.36. The van der Waals surface area contributed by atoms with Crippen LogP contribution in [0.3, 0.4) is 0 Å². The SMILES string of the molecule is O=C(OCC1[C@H]2CN(Cc3ccccc3)C[C@@H]12)Oc1ccc([N+](=O)[O-])cc1. The Morgan fingerprint density at radius 3 is 2.37 bits per heavy atom. The van der Waals surface area contributed by atoms with Crippen LogP contribution in [0.25, 0.3) is 0 Å². The van der Waals surface area contributed by atoms with Gasteiger partial charge in [-0.25, -0.2) is 4.79 Å². The van der Waals surface area contributed by atoms with Gasteiger partial charge < -0.3 is 9.47 Å². The number of nitrogens with zero attached hydrogens (tertiary/aromatic N) is 2. The lowest BCUT2D eigenvalue weighted by Gasteiger charge is -2.19. The van der Waals surface area contributed by atoms with Gasteiger partial charge in [0.2, 0.25) is 0 Å². The molecule has 1 aliphatic carbocycles. The Balaban J connectivity index is 1.18. The Bertz CT molecular complexity index is 812. The van der Waals surface area contributed by atoms with Crippen molar-refractivity contribution in [1.29, 1.82) is 0 Å². The molecule has 7 nitrogen and oxygen atoms in total. The number of likely N-dealkylation sites (tertiary alicyclic amines) is 1. The molecule has 3 atom stereocenters. The zero-order chi connectivity index (χ0) is 18.8. The van der Waals surface area contributed by atoms with E-state index < -0.39 is 11.1 Å². The molecule has 2 fully saturated rings. The zero-order valence-electron chi connectivity index (χ0n) is 14.7. The van der Waals surface area contributed by atoms with E-state index in [0.717, 1.165) is 19.6 Å². The fraction of sp³-hybridized carbons (Fsp3) is 0.350. The Hall–Kier alpha value is -2.93. The Labute approximate surface area is 156 Å². The number of nitro benzene ring substituents is 1. The number of ether oxygens (including phenoxy) is 2. The Kier molecular flexibility index (Phi) is 4.77. The summed E-state index contributed by atoms with van der Waals surface area (Å²) in [6.45, 7) is 3.39. The van der Waals surface area contributed by atoms with E-state index in [1.165, 1.54) is 29.8 Å². The number of hydrogen-bond acceptors (Lipinski definition) is 6. The molecule has 1 saturated carbocycles. The number of non-ortho nitro benzene ring substituents is 1. The van der Waals surface area contributed by atoms with Crippen LogP contribution in [0.5, 0.6) is 5.75 Å². The van der Waals surface area contributed by atoms with Crippen LogP contribution in [0.4, 0.5) is 10.5 Å². The van der Waals surface area contributed by atoms with E-state index >= 15 is 0 Å². The van der Waals surface area contributed by atoms with E-state index in [0.29, 0.717) is 24.4 Å². The zero-order valence-corrected chi connectivity index (χ0v) is 14.7. The maximum atomic E-state index is 11.8. The first-order valence-electron chi connectivity index (χ1n) is 8.95. The topological polar surface area (TPSA) is 81.9 Å². The predicted octanol–water partition coefficient (Wildman–Crippen LogP) is 3.49. The highest BCUT2D eigenvalue weighted by Crippen LogP contribution is 2.52. The highest BCUT2D eigenvalue weighted by atomic mass is 16.7. The van der Waals surface area contributed by atoms with Crippen molar-refractivity contribution >= 4 is 11.8 Å². The van der Waals surface area contributed by atoms with E-state index in [2.05, 4.69) is 29.2 Å². The Morgan fingerprint density at radius 1 is 1.07 bits per heavy atom. The quantitative estimate of drug-likeness (QED) is 0.336. The number of hydrogen-bond donors (Lipinski definition) is 0. The molecule has 2 aliphatic rings. The maximum Gasteiger partial charge on any atom is 0.513 e. The van der Waals surface area contributed by atoms with Gasteiger partial charge in [0.15, 0.2) is 0 Å². The number of carbonyl (C=O) groups is 1. The molecule has 27 heavy (non-hydrogen) atoms. The van der Waals surface area contributed by atoms with Gasteiger partial charge in [-0.05, 0) is 29.5 Å². The van der Waals surface area contributed by atoms with Crippen LogP contribution in [-0.4, -0.2) is 35.7 Å². The summed E-state index contributed by atoms with van der Waals surface area (Å²) in [7, 11) is 0. The van der Waals surface area contributed by atoms with Crippen molar-refractivity contribution in [3.63, 3.8) is 0 Å². The van der Waals surface area contributed by atoms with Gasteiger partial charge in [0.05, 0.1) is 11.5 Å². The standard InChI is InChI=1S/C20H20N2O5/c23-20(27-16-8-6-15(7-9-16)22(24)25)26-13-19-17-11-21(12-18(17)19)10-14-4-2-1-3-5-14/h1-9,17-19H,10-13H2/t17-,18+,19?.